The average Bonchev–Trinajstić information content (AvgIpc) is 2.97. The second kappa shape index (κ2) is 3.61. The van der Waals surface area contributed by atoms with Crippen LogP contribution < -0.4 is 22.1 Å². The fourth-order valence-corrected chi connectivity index (χ4v) is 2.44. The van der Waals surface area contributed by atoms with Crippen LogP contribution in [0.25, 0.3) is 0 Å². The van der Waals surface area contributed by atoms with Gasteiger partial charge in [-0.05, 0) is 26.0 Å². The van der Waals surface area contributed by atoms with Gasteiger partial charge in [0, 0.05) is 25.0 Å². The summed E-state index contributed by atoms with van der Waals surface area (Å²) >= 11 is 0. The van der Waals surface area contributed by atoms with E-state index in [0.29, 0.717) is 17.9 Å². The van der Waals surface area contributed by atoms with E-state index in [1.807, 2.05) is 13.1 Å². The highest BCUT2D eigenvalue weighted by molar-refractivity contribution is 5.81. The zero-order valence-electron chi connectivity index (χ0n) is 10.1. The average molecular weight is 236 g/mol. The molecule has 1 saturated carbocycles. The monoisotopic (exact) mass is 236 g/mol. The number of aliphatic imine (C=N–C) groups is 1. The first-order valence-corrected chi connectivity index (χ1v) is 6.17. The molecule has 0 aromatic heterocycles. The van der Waals surface area contributed by atoms with E-state index in [0.717, 1.165) is 31.8 Å². The SMILES string of the molecule is CNC1CN(C2=CC(N)(C3CC3)N=C(N)N2)C1. The molecule has 2 fully saturated rings. The first kappa shape index (κ1) is 10.9. The summed E-state index contributed by atoms with van der Waals surface area (Å²) < 4.78 is 0. The van der Waals surface area contributed by atoms with E-state index in [2.05, 4.69) is 20.5 Å². The molecule has 0 spiro atoms. The van der Waals surface area contributed by atoms with Crippen LogP contribution in [0, 0.1) is 5.92 Å². The maximum Gasteiger partial charge on any atom is 0.196 e. The minimum Gasteiger partial charge on any atom is -0.370 e. The second-order valence-electron chi connectivity index (χ2n) is 5.20. The molecule has 6 heteroatoms. The van der Waals surface area contributed by atoms with E-state index in [1.165, 1.54) is 0 Å². The highest BCUT2D eigenvalue weighted by atomic mass is 15.4. The molecular formula is C11H20N6. The van der Waals surface area contributed by atoms with Gasteiger partial charge in [-0.2, -0.15) is 0 Å². The highest BCUT2D eigenvalue weighted by Crippen LogP contribution is 2.41. The van der Waals surface area contributed by atoms with E-state index in [9.17, 15) is 0 Å². The number of likely N-dealkylation sites (tertiary alicyclic amines) is 1. The smallest absolute Gasteiger partial charge is 0.196 e. The van der Waals surface area contributed by atoms with Gasteiger partial charge in [-0.1, -0.05) is 0 Å². The zero-order valence-corrected chi connectivity index (χ0v) is 10.1. The lowest BCUT2D eigenvalue weighted by Crippen LogP contribution is -2.61. The number of likely N-dealkylation sites (N-methyl/N-ethyl adjacent to an activating group) is 1. The number of nitrogens with two attached hydrogens (primary N) is 2. The topological polar surface area (TPSA) is 91.7 Å². The van der Waals surface area contributed by atoms with Gasteiger partial charge in [0.2, 0.25) is 0 Å². The Morgan fingerprint density at radius 2 is 2.24 bits per heavy atom. The van der Waals surface area contributed by atoms with Crippen molar-refractivity contribution in [2.24, 2.45) is 22.4 Å². The zero-order chi connectivity index (χ0) is 12.0. The summed E-state index contributed by atoms with van der Waals surface area (Å²) in [4.78, 5) is 6.59. The van der Waals surface area contributed by atoms with E-state index >= 15 is 0 Å². The van der Waals surface area contributed by atoms with Gasteiger partial charge >= 0.3 is 0 Å². The molecule has 6 nitrogen and oxygen atoms in total. The molecule has 94 valence electrons. The van der Waals surface area contributed by atoms with Gasteiger partial charge in [0.25, 0.3) is 0 Å². The van der Waals surface area contributed by atoms with E-state index in [-0.39, 0.29) is 0 Å². The van der Waals surface area contributed by atoms with Crippen molar-refractivity contribution in [3.05, 3.63) is 11.9 Å². The van der Waals surface area contributed by atoms with Crippen molar-refractivity contribution in [1.29, 1.82) is 0 Å². The number of nitrogens with one attached hydrogen (secondary N) is 2. The lowest BCUT2D eigenvalue weighted by atomic mass is 10.0. The molecule has 1 saturated heterocycles. The van der Waals surface area contributed by atoms with E-state index < -0.39 is 5.66 Å². The van der Waals surface area contributed by atoms with Gasteiger partial charge in [0.05, 0.1) is 0 Å². The Bertz CT molecular complexity index is 379. The molecule has 1 aliphatic carbocycles. The van der Waals surface area contributed by atoms with Crippen LogP contribution in [0.2, 0.25) is 0 Å². The van der Waals surface area contributed by atoms with Crippen LogP contribution >= 0.6 is 0 Å². The minimum atomic E-state index is -0.588. The van der Waals surface area contributed by atoms with Crippen LogP contribution in [0.4, 0.5) is 0 Å². The Morgan fingerprint density at radius 1 is 1.53 bits per heavy atom. The predicted octanol–water partition coefficient (Wildman–Crippen LogP) is -1.29. The van der Waals surface area contributed by atoms with Crippen LogP contribution in [0.3, 0.4) is 0 Å². The molecule has 0 bridgehead atoms. The summed E-state index contributed by atoms with van der Waals surface area (Å²) in [6.45, 7) is 1.98. The molecule has 17 heavy (non-hydrogen) atoms. The third-order valence-corrected chi connectivity index (χ3v) is 3.80. The molecule has 2 heterocycles. The van der Waals surface area contributed by atoms with Gasteiger partial charge in [0.15, 0.2) is 5.96 Å². The highest BCUT2D eigenvalue weighted by Gasteiger charge is 2.44. The molecule has 0 aromatic rings. The normalized spacial score (nSPS) is 33.6. The van der Waals surface area contributed by atoms with Crippen molar-refractivity contribution >= 4 is 5.96 Å². The molecule has 0 amide bonds. The molecule has 3 rings (SSSR count). The first-order chi connectivity index (χ1) is 8.10. The molecule has 1 atom stereocenters. The Labute approximate surface area is 101 Å². The summed E-state index contributed by atoms with van der Waals surface area (Å²) in [6.07, 6.45) is 4.33. The Hall–Kier alpha value is -1.27. The van der Waals surface area contributed by atoms with Crippen molar-refractivity contribution in [2.45, 2.75) is 24.5 Å². The Balaban J connectivity index is 1.75. The predicted molar refractivity (Wildman–Crippen MR) is 66.9 cm³/mol. The van der Waals surface area contributed by atoms with Gasteiger partial charge in [0.1, 0.15) is 11.5 Å². The van der Waals surface area contributed by atoms with Crippen LogP contribution in [-0.2, 0) is 0 Å². The third-order valence-electron chi connectivity index (χ3n) is 3.80. The van der Waals surface area contributed by atoms with Crippen molar-refractivity contribution in [3.8, 4) is 0 Å². The summed E-state index contributed by atoms with van der Waals surface area (Å²) in [6, 6.07) is 0.561. The van der Waals surface area contributed by atoms with E-state index in [1.54, 1.807) is 0 Å². The van der Waals surface area contributed by atoms with Gasteiger partial charge < -0.3 is 27.0 Å². The summed E-state index contributed by atoms with van der Waals surface area (Å²) in [5.41, 5.74) is 11.5. The van der Waals surface area contributed by atoms with Crippen LogP contribution in [0.15, 0.2) is 16.9 Å². The van der Waals surface area contributed by atoms with Gasteiger partial charge in [-0.15, -0.1) is 0 Å². The van der Waals surface area contributed by atoms with Crippen LogP contribution in [-0.4, -0.2) is 42.7 Å². The fraction of sp³-hybridized carbons (Fsp3) is 0.727. The molecule has 0 radical (unpaired) electrons. The number of hydrogen-bond acceptors (Lipinski definition) is 6. The summed E-state index contributed by atoms with van der Waals surface area (Å²) in [7, 11) is 1.98. The molecule has 0 aromatic carbocycles. The maximum atomic E-state index is 6.30. The molecular weight excluding hydrogens is 216 g/mol. The molecule has 6 N–H and O–H groups in total. The van der Waals surface area contributed by atoms with Crippen LogP contribution in [0.1, 0.15) is 12.8 Å². The van der Waals surface area contributed by atoms with Crippen molar-refractivity contribution < 1.29 is 0 Å². The number of nitrogens with zero attached hydrogens (tertiary/aromatic N) is 2. The lowest BCUT2D eigenvalue weighted by molar-refractivity contribution is 0.166. The van der Waals surface area contributed by atoms with E-state index in [4.69, 9.17) is 11.5 Å². The molecule has 1 unspecified atom stereocenters. The van der Waals surface area contributed by atoms with Crippen molar-refractivity contribution in [3.63, 3.8) is 0 Å². The lowest BCUT2D eigenvalue weighted by Gasteiger charge is -2.44. The maximum absolute atomic E-state index is 6.30. The quantitative estimate of drug-likeness (QED) is 0.489. The second-order valence-corrected chi connectivity index (χ2v) is 5.20. The van der Waals surface area contributed by atoms with Crippen LogP contribution in [0.5, 0.6) is 0 Å². The number of hydrogen-bond donors (Lipinski definition) is 4. The summed E-state index contributed by atoms with van der Waals surface area (Å²) in [5.74, 6) is 1.91. The largest absolute Gasteiger partial charge is 0.370 e. The molecule has 3 aliphatic rings. The Kier molecular flexibility index (Phi) is 2.31. The van der Waals surface area contributed by atoms with Gasteiger partial charge in [-0.3, -0.25) is 0 Å². The summed E-state index contributed by atoms with van der Waals surface area (Å²) in [5, 5.41) is 6.36. The Morgan fingerprint density at radius 3 is 2.82 bits per heavy atom. The number of guanidine groups is 1. The minimum absolute atomic E-state index is 0.435. The third kappa shape index (κ3) is 1.87. The number of rotatable bonds is 3. The molecule has 2 aliphatic heterocycles. The standard InChI is InChI=1S/C11H20N6/c1-14-8-5-17(6-8)9-4-11(13,7-2-3-7)16-10(12)15-9/h4,7-8,14H,2-3,5-6,13H2,1H3,(H3,12,15,16). The fourth-order valence-electron chi connectivity index (χ4n) is 2.44. The first-order valence-electron chi connectivity index (χ1n) is 6.17. The van der Waals surface area contributed by atoms with Gasteiger partial charge in [-0.25, -0.2) is 4.99 Å². The van der Waals surface area contributed by atoms with Crippen molar-refractivity contribution in [1.82, 2.24) is 15.5 Å². The van der Waals surface area contributed by atoms with Crippen molar-refractivity contribution in [2.75, 3.05) is 20.1 Å².